The summed E-state index contributed by atoms with van der Waals surface area (Å²) >= 11 is 0. The van der Waals surface area contributed by atoms with Gasteiger partial charge in [-0.15, -0.1) is 0 Å². The van der Waals surface area contributed by atoms with E-state index in [4.69, 9.17) is 0 Å². The molecule has 10 aliphatic rings. The molecule has 2 aromatic carbocycles. The Kier molecular flexibility index (Phi) is 6.16. The van der Waals surface area contributed by atoms with Gasteiger partial charge in [-0.05, 0) is 71.4 Å². The number of amides is 4. The van der Waals surface area contributed by atoms with Crippen molar-refractivity contribution in [1.82, 2.24) is 19.6 Å². The fraction of sp³-hybridized carbons (Fsp3) is 0.500. The van der Waals surface area contributed by atoms with E-state index in [1.165, 1.54) is 48.2 Å². The van der Waals surface area contributed by atoms with Gasteiger partial charge in [0.25, 0.3) is 23.6 Å². The maximum Gasteiger partial charge on any atom is 0.265 e. The van der Waals surface area contributed by atoms with Crippen molar-refractivity contribution in [2.45, 2.75) is 68.7 Å². The predicted octanol–water partition coefficient (Wildman–Crippen LogP) is 1.59. The van der Waals surface area contributed by atoms with Crippen LogP contribution in [-0.2, 0) is 30.0 Å². The lowest BCUT2D eigenvalue weighted by Gasteiger charge is -2.60. The highest BCUT2D eigenvalue weighted by molar-refractivity contribution is 9.10. The van der Waals surface area contributed by atoms with Crippen molar-refractivity contribution in [2.75, 3.05) is 31.3 Å². The van der Waals surface area contributed by atoms with Crippen LogP contribution in [0.4, 0.5) is 11.4 Å². The van der Waals surface area contributed by atoms with E-state index in [9.17, 15) is 24.9 Å². The smallest absolute Gasteiger partial charge is 0.265 e. The Morgan fingerprint density at radius 1 is 0.700 bits per heavy atom. The molecule has 0 unspecified atom stereocenters. The normalized spacial score (nSPS) is 44.6. The number of fused-ring (bicyclic) bond motifs is 12. The monoisotopic (exact) mass is 772 g/mol. The van der Waals surface area contributed by atoms with Gasteiger partial charge in [0.1, 0.15) is 24.5 Å². The minimum absolute atomic E-state index is 0.300. The van der Waals surface area contributed by atoms with Gasteiger partial charge in [-0.1, -0.05) is 61.0 Å². The number of benzene rings is 2. The third-order valence-corrected chi connectivity index (χ3v) is 21.6. The van der Waals surface area contributed by atoms with Crippen molar-refractivity contribution < 1.29 is 34.5 Å². The van der Waals surface area contributed by atoms with Crippen LogP contribution in [0.3, 0.4) is 0 Å². The zero-order valence-corrected chi connectivity index (χ0v) is 31.1. The molecule has 0 saturated carbocycles. The number of rotatable bonds is 3. The van der Waals surface area contributed by atoms with Crippen molar-refractivity contribution >= 4 is 88.0 Å². The lowest BCUT2D eigenvalue weighted by Crippen LogP contribution is -2.79. The van der Waals surface area contributed by atoms with E-state index in [-0.39, 0.29) is 11.8 Å². The van der Waals surface area contributed by atoms with E-state index in [1.54, 1.807) is 13.1 Å². The second kappa shape index (κ2) is 9.55. The summed E-state index contributed by atoms with van der Waals surface area (Å²) in [5.41, 5.74) is -1.17. The number of aliphatic hydroxyl groups is 3. The summed E-state index contributed by atoms with van der Waals surface area (Å²) in [5.74, 6) is -2.21. The summed E-state index contributed by atoms with van der Waals surface area (Å²) in [6.45, 7) is 3.12. The lowest BCUT2D eigenvalue weighted by atomic mass is 9.52. The SMILES string of the molecule is CC(C)[C@@]12SS[C@]3(C(=O)N1C)[C@@H](O)[C@@]1([C@]45c6ccccc6N[C@H]4N4C(=O)[C@]6(CO)SSS[C@]4(C(=O)N6C)[C@H]5O)c4ccccc4N[C@@H]1N3C2=O. The Balaban J connectivity index is 1.34. The van der Waals surface area contributed by atoms with E-state index in [2.05, 4.69) is 10.6 Å². The van der Waals surface area contributed by atoms with Gasteiger partial charge < -0.3 is 35.8 Å². The molecule has 50 heavy (non-hydrogen) atoms. The molecule has 2 spiro atoms. The van der Waals surface area contributed by atoms with Crippen LogP contribution >= 0.6 is 53.0 Å². The Hall–Kier alpha value is -2.45. The second-order valence-corrected chi connectivity index (χ2v) is 21.4. The quantitative estimate of drug-likeness (QED) is 0.286. The third-order valence-electron chi connectivity index (χ3n) is 12.7. The van der Waals surface area contributed by atoms with Crippen molar-refractivity contribution in [1.29, 1.82) is 0 Å². The number of anilines is 2. The first kappa shape index (κ1) is 32.2. The van der Waals surface area contributed by atoms with Crippen molar-refractivity contribution in [3.63, 3.8) is 0 Å². The summed E-state index contributed by atoms with van der Waals surface area (Å²) in [6, 6.07) is 14.6. The number of aliphatic hydroxyl groups excluding tert-OH is 3. The molecule has 13 nitrogen and oxygen atoms in total. The Bertz CT molecular complexity index is 2000. The van der Waals surface area contributed by atoms with Crippen molar-refractivity contribution in [3.8, 4) is 0 Å². The largest absolute Gasteiger partial charge is 0.392 e. The molecule has 2 aromatic rings. The molecule has 0 radical (unpaired) electrons. The molecule has 8 fully saturated rings. The molecule has 4 amide bonds. The van der Waals surface area contributed by atoms with Gasteiger partial charge in [-0.2, -0.15) is 0 Å². The van der Waals surface area contributed by atoms with Crippen LogP contribution in [0.1, 0.15) is 25.0 Å². The fourth-order valence-corrected chi connectivity index (χ4v) is 20.6. The predicted molar refractivity (Wildman–Crippen MR) is 193 cm³/mol. The zero-order valence-electron chi connectivity index (χ0n) is 27.0. The highest BCUT2D eigenvalue weighted by Gasteiger charge is 2.92. The highest BCUT2D eigenvalue weighted by atomic mass is 33.5. The molecule has 10 heterocycles. The number of piperazine rings is 2. The van der Waals surface area contributed by atoms with Crippen LogP contribution in [0.15, 0.2) is 48.5 Å². The molecule has 262 valence electrons. The number of carbonyl (C=O) groups is 4. The molecule has 10 atom stereocenters. The fourth-order valence-electron chi connectivity index (χ4n) is 10.5. The van der Waals surface area contributed by atoms with Crippen molar-refractivity contribution in [2.24, 2.45) is 5.92 Å². The molecule has 0 aliphatic carbocycles. The maximum absolute atomic E-state index is 15.2. The minimum atomic E-state index is -1.91. The Labute approximate surface area is 306 Å². The molecule has 5 N–H and O–H groups in total. The standard InChI is InChI=1S/C32H32N6O7S5/c1-14(2)30-26(45)38-22-28(15-9-5-8-12-18(15)34-22,19(40)31(38,48-47-30)25(44)36(30)4)29-16-10-6-7-11-17(16)33-21(29)37-23(42)27(13-39)35(3)24(43)32(37,20(29)41)49-50-46-27/h5-12,14,19-22,33-34,39-41H,13H2,1-4H3/t19-,20-,21-,22+,27-,28-,29-,30-,31-,32-/m0/s1. The van der Waals surface area contributed by atoms with Crippen LogP contribution in [0, 0.1) is 5.92 Å². The Morgan fingerprint density at radius 3 is 1.74 bits per heavy atom. The number of likely N-dealkylation sites (N-methyl/N-ethyl adjacent to an activating group) is 2. The van der Waals surface area contributed by atoms with E-state index >= 15 is 9.59 Å². The summed E-state index contributed by atoms with van der Waals surface area (Å²) in [7, 11) is 8.78. The van der Waals surface area contributed by atoms with Gasteiger partial charge in [0, 0.05) is 25.5 Å². The second-order valence-electron chi connectivity index (χ2n) is 14.4. The summed E-state index contributed by atoms with van der Waals surface area (Å²) in [4.78, 5) is 58.8. The number of nitrogens with one attached hydrogen (secondary N) is 2. The minimum Gasteiger partial charge on any atom is -0.392 e. The number of nitrogens with zero attached hydrogens (tertiary/aromatic N) is 4. The number of hydrogen-bond acceptors (Lipinski definition) is 14. The third kappa shape index (κ3) is 2.77. The van der Waals surface area contributed by atoms with E-state index in [0.29, 0.717) is 22.5 Å². The topological polar surface area (TPSA) is 166 Å². The number of carbonyl (C=O) groups excluding carboxylic acids is 4. The maximum atomic E-state index is 15.2. The van der Waals surface area contributed by atoms with E-state index < -0.39 is 79.2 Å². The molecule has 4 bridgehead atoms. The van der Waals surface area contributed by atoms with Crippen LogP contribution < -0.4 is 10.6 Å². The van der Waals surface area contributed by atoms with Crippen molar-refractivity contribution in [3.05, 3.63) is 59.7 Å². The van der Waals surface area contributed by atoms with E-state index in [0.717, 1.165) is 31.4 Å². The summed E-state index contributed by atoms with van der Waals surface area (Å²) in [6.07, 6.45) is -5.59. The summed E-state index contributed by atoms with van der Waals surface area (Å²) < 4.78 is 0. The lowest BCUT2D eigenvalue weighted by molar-refractivity contribution is -0.169. The van der Waals surface area contributed by atoms with Gasteiger partial charge in [-0.25, -0.2) is 0 Å². The molecular weight excluding hydrogens is 741 g/mol. The molecular formula is C32H32N6O7S5. The molecule has 12 rings (SSSR count). The molecule has 10 aliphatic heterocycles. The molecule has 0 aromatic heterocycles. The highest BCUT2D eigenvalue weighted by Crippen LogP contribution is 2.78. The molecule has 18 heteroatoms. The van der Waals surface area contributed by atoms with Gasteiger partial charge in [0.2, 0.25) is 14.6 Å². The van der Waals surface area contributed by atoms with Gasteiger partial charge >= 0.3 is 0 Å². The first-order valence-electron chi connectivity index (χ1n) is 16.2. The van der Waals surface area contributed by atoms with Gasteiger partial charge in [0.15, 0.2) is 4.87 Å². The average molecular weight is 773 g/mol. The summed E-state index contributed by atoms with van der Waals surface area (Å²) in [5, 5.41) is 44.8. The van der Waals surface area contributed by atoms with Crippen LogP contribution in [-0.4, -0.2) is 123 Å². The van der Waals surface area contributed by atoms with E-state index in [1.807, 2.05) is 56.3 Å². The van der Waals surface area contributed by atoms with Gasteiger partial charge in [0.05, 0.1) is 17.4 Å². The molecule has 8 saturated heterocycles. The van der Waals surface area contributed by atoms with Crippen LogP contribution in [0.2, 0.25) is 0 Å². The average Bonchev–Trinajstić information content (AvgIpc) is 3.70. The van der Waals surface area contributed by atoms with Crippen LogP contribution in [0.5, 0.6) is 0 Å². The first-order chi connectivity index (χ1) is 23.8. The van der Waals surface area contributed by atoms with Gasteiger partial charge in [-0.3, -0.25) is 29.0 Å². The number of para-hydroxylation sites is 2. The number of hydrogen-bond donors (Lipinski definition) is 5. The first-order valence-corrected chi connectivity index (χ1v) is 21.8. The Morgan fingerprint density at radius 2 is 1.20 bits per heavy atom. The zero-order chi connectivity index (χ0) is 35.1. The van der Waals surface area contributed by atoms with Crippen LogP contribution in [0.25, 0.3) is 0 Å².